The molecule has 1 aliphatic heterocycles. The number of aryl methyl sites for hydroxylation is 1. The molecular formula is C19H22N2. The molecule has 1 aliphatic carbocycles. The Bertz CT molecular complexity index is 635. The normalized spacial score (nSPS) is 21.6. The predicted octanol–water partition coefficient (Wildman–Crippen LogP) is 3.36. The van der Waals surface area contributed by atoms with E-state index in [0.29, 0.717) is 6.04 Å². The largest absolute Gasteiger partial charge is 0.399 e. The van der Waals surface area contributed by atoms with E-state index in [4.69, 9.17) is 5.73 Å². The molecule has 2 nitrogen and oxygen atoms in total. The maximum absolute atomic E-state index is 5.92. The van der Waals surface area contributed by atoms with Crippen molar-refractivity contribution in [2.24, 2.45) is 0 Å². The van der Waals surface area contributed by atoms with Gasteiger partial charge in [0.2, 0.25) is 0 Å². The second kappa shape index (κ2) is 5.19. The van der Waals surface area contributed by atoms with Gasteiger partial charge >= 0.3 is 0 Å². The number of anilines is 1. The van der Waals surface area contributed by atoms with E-state index in [-0.39, 0.29) is 0 Å². The second-order valence-corrected chi connectivity index (χ2v) is 6.32. The maximum Gasteiger partial charge on any atom is 0.0354 e. The van der Waals surface area contributed by atoms with Crippen LogP contribution in [0.2, 0.25) is 0 Å². The Kier molecular flexibility index (Phi) is 3.19. The van der Waals surface area contributed by atoms with Crippen LogP contribution in [-0.2, 0) is 19.3 Å². The summed E-state index contributed by atoms with van der Waals surface area (Å²) in [6.45, 7) is 2.34. The van der Waals surface area contributed by atoms with Crippen LogP contribution in [0.25, 0.3) is 0 Å². The van der Waals surface area contributed by atoms with Crippen molar-refractivity contribution in [2.45, 2.75) is 31.7 Å². The summed E-state index contributed by atoms with van der Waals surface area (Å²) in [6, 6.07) is 16.0. The molecule has 2 aliphatic rings. The van der Waals surface area contributed by atoms with E-state index in [1.165, 1.54) is 61.0 Å². The van der Waals surface area contributed by atoms with Gasteiger partial charge in [0.15, 0.2) is 0 Å². The molecule has 0 radical (unpaired) electrons. The molecule has 2 heteroatoms. The number of hydrogen-bond acceptors (Lipinski definition) is 2. The highest BCUT2D eigenvalue weighted by atomic mass is 15.2. The molecule has 0 fully saturated rings. The van der Waals surface area contributed by atoms with Crippen LogP contribution in [0, 0.1) is 0 Å². The molecule has 4 rings (SSSR count). The lowest BCUT2D eigenvalue weighted by molar-refractivity contribution is 0.206. The molecule has 2 aromatic carbocycles. The zero-order chi connectivity index (χ0) is 14.2. The molecule has 2 N–H and O–H groups in total. The van der Waals surface area contributed by atoms with Crippen molar-refractivity contribution in [1.29, 1.82) is 0 Å². The first kappa shape index (κ1) is 12.9. The first-order valence-electron chi connectivity index (χ1n) is 8.00. The number of hydrogen-bond donors (Lipinski definition) is 1. The molecule has 0 spiro atoms. The summed E-state index contributed by atoms with van der Waals surface area (Å²) < 4.78 is 0. The van der Waals surface area contributed by atoms with Crippen molar-refractivity contribution in [3.63, 3.8) is 0 Å². The van der Waals surface area contributed by atoms with Crippen LogP contribution >= 0.6 is 0 Å². The molecule has 1 atom stereocenters. The first-order valence-corrected chi connectivity index (χ1v) is 8.00. The Hall–Kier alpha value is -1.80. The van der Waals surface area contributed by atoms with E-state index in [2.05, 4.69) is 47.4 Å². The minimum atomic E-state index is 0.593. The minimum absolute atomic E-state index is 0.593. The fraction of sp³-hybridized carbons (Fsp3) is 0.368. The third-order valence-corrected chi connectivity index (χ3v) is 5.11. The lowest BCUT2D eigenvalue weighted by atomic mass is 10.0. The van der Waals surface area contributed by atoms with Crippen molar-refractivity contribution in [3.05, 3.63) is 64.7 Å². The Morgan fingerprint density at radius 2 is 1.57 bits per heavy atom. The van der Waals surface area contributed by atoms with Crippen LogP contribution in [0.15, 0.2) is 42.5 Å². The van der Waals surface area contributed by atoms with Crippen LogP contribution in [0.4, 0.5) is 5.69 Å². The summed E-state index contributed by atoms with van der Waals surface area (Å²) in [7, 11) is 0. The van der Waals surface area contributed by atoms with Gasteiger partial charge in [-0.05, 0) is 60.1 Å². The second-order valence-electron chi connectivity index (χ2n) is 6.32. The van der Waals surface area contributed by atoms with E-state index >= 15 is 0 Å². The fourth-order valence-electron chi connectivity index (χ4n) is 3.99. The Morgan fingerprint density at radius 1 is 0.857 bits per heavy atom. The average Bonchev–Trinajstić information content (AvgIpc) is 2.79. The van der Waals surface area contributed by atoms with Crippen molar-refractivity contribution >= 4 is 5.69 Å². The monoisotopic (exact) mass is 278 g/mol. The third-order valence-electron chi connectivity index (χ3n) is 5.11. The lowest BCUT2D eigenvalue weighted by Gasteiger charge is -2.28. The summed E-state index contributed by atoms with van der Waals surface area (Å²) in [6.07, 6.45) is 4.78. The molecule has 0 saturated carbocycles. The number of nitrogens with zero attached hydrogens (tertiary/aromatic N) is 1. The molecule has 1 heterocycles. The van der Waals surface area contributed by atoms with Gasteiger partial charge < -0.3 is 5.73 Å². The van der Waals surface area contributed by atoms with Crippen molar-refractivity contribution < 1.29 is 0 Å². The van der Waals surface area contributed by atoms with Gasteiger partial charge in [0, 0.05) is 24.8 Å². The van der Waals surface area contributed by atoms with E-state index in [9.17, 15) is 0 Å². The van der Waals surface area contributed by atoms with Gasteiger partial charge in [0.25, 0.3) is 0 Å². The number of nitrogens with two attached hydrogens (primary N) is 1. The van der Waals surface area contributed by atoms with Gasteiger partial charge in [0.05, 0.1) is 0 Å². The first-order chi connectivity index (χ1) is 10.3. The van der Waals surface area contributed by atoms with E-state index in [0.717, 1.165) is 5.69 Å². The summed E-state index contributed by atoms with van der Waals surface area (Å²) in [5.41, 5.74) is 12.9. The number of nitrogen functional groups attached to an aromatic ring is 1. The van der Waals surface area contributed by atoms with Gasteiger partial charge in [-0.25, -0.2) is 0 Å². The van der Waals surface area contributed by atoms with E-state index in [1.807, 2.05) is 0 Å². The predicted molar refractivity (Wildman–Crippen MR) is 87.3 cm³/mol. The van der Waals surface area contributed by atoms with Crippen molar-refractivity contribution in [3.8, 4) is 0 Å². The van der Waals surface area contributed by atoms with Crippen molar-refractivity contribution in [2.75, 3.05) is 18.8 Å². The lowest BCUT2D eigenvalue weighted by Crippen LogP contribution is -2.30. The Labute approximate surface area is 126 Å². The summed E-state index contributed by atoms with van der Waals surface area (Å²) >= 11 is 0. The van der Waals surface area contributed by atoms with E-state index in [1.54, 1.807) is 0 Å². The van der Waals surface area contributed by atoms with Crippen LogP contribution in [0.3, 0.4) is 0 Å². The maximum atomic E-state index is 5.92. The van der Waals surface area contributed by atoms with Gasteiger partial charge in [0.1, 0.15) is 0 Å². The number of rotatable bonds is 1. The smallest absolute Gasteiger partial charge is 0.0354 e. The molecule has 0 saturated heterocycles. The Balaban J connectivity index is 1.57. The SMILES string of the molecule is Nc1ccc2c(c1)CCC2N1CCc2ccccc2CC1. The van der Waals surface area contributed by atoms with Crippen LogP contribution in [-0.4, -0.2) is 18.0 Å². The number of fused-ring (bicyclic) bond motifs is 2. The summed E-state index contributed by atoms with van der Waals surface area (Å²) in [5.74, 6) is 0. The highest BCUT2D eigenvalue weighted by Gasteiger charge is 2.28. The molecule has 0 bridgehead atoms. The highest BCUT2D eigenvalue weighted by Crippen LogP contribution is 2.37. The minimum Gasteiger partial charge on any atom is -0.399 e. The zero-order valence-electron chi connectivity index (χ0n) is 12.4. The fourth-order valence-corrected chi connectivity index (χ4v) is 3.99. The van der Waals surface area contributed by atoms with Crippen LogP contribution < -0.4 is 5.73 Å². The quantitative estimate of drug-likeness (QED) is 0.811. The highest BCUT2D eigenvalue weighted by molar-refractivity contribution is 5.47. The van der Waals surface area contributed by atoms with Gasteiger partial charge in [-0.2, -0.15) is 0 Å². The van der Waals surface area contributed by atoms with Crippen LogP contribution in [0.1, 0.15) is 34.7 Å². The standard InChI is InChI=1S/C19H22N2/c20-17-6-7-18-16(13-17)5-8-19(18)21-11-9-14-3-1-2-4-15(14)10-12-21/h1-4,6-7,13,19H,5,8-12,20H2. The van der Waals surface area contributed by atoms with Gasteiger partial charge in [-0.1, -0.05) is 30.3 Å². The van der Waals surface area contributed by atoms with E-state index < -0.39 is 0 Å². The number of benzene rings is 2. The van der Waals surface area contributed by atoms with Crippen LogP contribution in [0.5, 0.6) is 0 Å². The molecular weight excluding hydrogens is 256 g/mol. The van der Waals surface area contributed by atoms with Gasteiger partial charge in [-0.15, -0.1) is 0 Å². The summed E-state index contributed by atoms with van der Waals surface area (Å²) in [4.78, 5) is 2.68. The molecule has 0 aromatic heterocycles. The Morgan fingerprint density at radius 3 is 2.29 bits per heavy atom. The third kappa shape index (κ3) is 2.34. The summed E-state index contributed by atoms with van der Waals surface area (Å²) in [5, 5.41) is 0. The zero-order valence-corrected chi connectivity index (χ0v) is 12.4. The molecule has 108 valence electrons. The molecule has 0 amide bonds. The molecule has 1 unspecified atom stereocenters. The van der Waals surface area contributed by atoms with Gasteiger partial charge in [-0.3, -0.25) is 4.90 Å². The average molecular weight is 278 g/mol. The molecule has 21 heavy (non-hydrogen) atoms. The topological polar surface area (TPSA) is 29.3 Å². The van der Waals surface area contributed by atoms with Crippen molar-refractivity contribution in [1.82, 2.24) is 4.90 Å². The molecule has 2 aromatic rings.